The fraction of sp³-hybridized carbons (Fsp3) is 0.444. The Labute approximate surface area is 92.5 Å². The number of hydrogen-bond acceptors (Lipinski definition) is 5. The van der Waals surface area contributed by atoms with Crippen LogP contribution in [0.3, 0.4) is 0 Å². The predicted molar refractivity (Wildman–Crippen MR) is 56.4 cm³/mol. The number of fused-ring (bicyclic) bond motifs is 1. The first kappa shape index (κ1) is 10.8. The summed E-state index contributed by atoms with van der Waals surface area (Å²) in [5, 5.41) is 12.9. The molecule has 1 aliphatic heterocycles. The quantitative estimate of drug-likeness (QED) is 0.636. The molecule has 0 spiro atoms. The van der Waals surface area contributed by atoms with Crippen LogP contribution in [0.2, 0.25) is 0 Å². The minimum absolute atomic E-state index is 0.0653. The second-order valence-corrected chi connectivity index (χ2v) is 3.58. The molecule has 0 bridgehead atoms. The lowest BCUT2D eigenvalue weighted by Gasteiger charge is -2.30. The van der Waals surface area contributed by atoms with Gasteiger partial charge in [-0.1, -0.05) is 0 Å². The number of hydrogen-bond donors (Lipinski definition) is 3. The maximum Gasteiger partial charge on any atom is 0.338 e. The maximum absolute atomic E-state index is 11.6. The van der Waals surface area contributed by atoms with E-state index in [1.807, 2.05) is 0 Å². The van der Waals surface area contributed by atoms with Crippen LogP contribution in [0, 0.1) is 0 Å². The smallest absolute Gasteiger partial charge is 0.338 e. The number of anilines is 1. The number of rotatable bonds is 3. The molecule has 1 atom stereocenters. The van der Waals surface area contributed by atoms with Gasteiger partial charge in [-0.3, -0.25) is 0 Å². The average Bonchev–Trinajstić information content (AvgIpc) is 2.32. The van der Waals surface area contributed by atoms with Gasteiger partial charge in [-0.2, -0.15) is 0 Å². The average molecular weight is 223 g/mol. The molecule has 0 fully saturated rings. The van der Waals surface area contributed by atoms with Crippen molar-refractivity contribution in [2.75, 3.05) is 11.6 Å². The van der Waals surface area contributed by atoms with E-state index in [1.165, 1.54) is 11.3 Å². The lowest BCUT2D eigenvalue weighted by molar-refractivity contribution is 0.227. The van der Waals surface area contributed by atoms with Gasteiger partial charge >= 0.3 is 6.03 Å². The Morgan fingerprint density at radius 2 is 2.56 bits per heavy atom. The second kappa shape index (κ2) is 4.42. The number of aliphatic hydroxyl groups is 1. The topological polar surface area (TPSA) is 90.4 Å². The van der Waals surface area contributed by atoms with E-state index in [1.54, 1.807) is 13.1 Å². The number of amides is 2. The Hall–Kier alpha value is -1.73. The van der Waals surface area contributed by atoms with Crippen molar-refractivity contribution in [1.29, 1.82) is 0 Å². The minimum Gasteiger partial charge on any atom is -0.395 e. The summed E-state index contributed by atoms with van der Waals surface area (Å²) in [6.07, 6.45) is 3.04. The molecule has 86 valence electrons. The van der Waals surface area contributed by atoms with E-state index in [9.17, 15) is 4.79 Å². The second-order valence-electron chi connectivity index (χ2n) is 3.58. The van der Waals surface area contributed by atoms with Gasteiger partial charge in [0.1, 0.15) is 6.33 Å². The molecule has 7 nitrogen and oxygen atoms in total. The fourth-order valence-corrected chi connectivity index (χ4v) is 1.41. The van der Waals surface area contributed by atoms with Crippen molar-refractivity contribution >= 4 is 11.8 Å². The third-order valence-electron chi connectivity index (χ3n) is 2.23. The van der Waals surface area contributed by atoms with Crippen molar-refractivity contribution in [3.05, 3.63) is 18.1 Å². The molecule has 0 saturated carbocycles. The number of aliphatic hydroxyl groups excluding tert-OH is 1. The molecule has 16 heavy (non-hydrogen) atoms. The van der Waals surface area contributed by atoms with Crippen LogP contribution in [0.15, 0.2) is 12.5 Å². The van der Waals surface area contributed by atoms with Crippen molar-refractivity contribution < 1.29 is 9.90 Å². The number of carbonyl (C=O) groups is 1. The highest BCUT2D eigenvalue weighted by atomic mass is 16.3. The molecule has 0 unspecified atom stereocenters. The highest BCUT2D eigenvalue weighted by Gasteiger charge is 2.26. The molecular weight excluding hydrogens is 210 g/mol. The van der Waals surface area contributed by atoms with Gasteiger partial charge in [0, 0.05) is 24.3 Å². The molecule has 0 aliphatic carbocycles. The van der Waals surface area contributed by atoms with Crippen LogP contribution < -0.4 is 15.8 Å². The van der Waals surface area contributed by atoms with Gasteiger partial charge < -0.3 is 10.4 Å². The standard InChI is InChI=1S/C9H13N5O2/c1-6(4-15)13-14-8-7(2-10-5-12-8)3-11-9(14)16/h2,5-6,13,15H,3-4H2,1H3,(H,11,16)/t6-/m0/s1. The number of hydrazine groups is 1. The lowest BCUT2D eigenvalue weighted by Crippen LogP contribution is -2.55. The molecule has 2 amide bonds. The highest BCUT2D eigenvalue weighted by molar-refractivity contribution is 5.92. The first-order valence-electron chi connectivity index (χ1n) is 4.96. The van der Waals surface area contributed by atoms with Gasteiger partial charge in [0.05, 0.1) is 6.61 Å². The summed E-state index contributed by atoms with van der Waals surface area (Å²) in [5.74, 6) is 0.527. The van der Waals surface area contributed by atoms with Crippen LogP contribution in [0.4, 0.5) is 10.6 Å². The number of nitrogens with zero attached hydrogens (tertiary/aromatic N) is 3. The zero-order valence-corrected chi connectivity index (χ0v) is 8.84. The number of aromatic nitrogens is 2. The molecule has 0 aromatic carbocycles. The van der Waals surface area contributed by atoms with Crippen molar-refractivity contribution in [2.45, 2.75) is 19.5 Å². The van der Waals surface area contributed by atoms with Crippen molar-refractivity contribution in [3.63, 3.8) is 0 Å². The van der Waals surface area contributed by atoms with Crippen LogP contribution in [-0.2, 0) is 6.54 Å². The van der Waals surface area contributed by atoms with Crippen LogP contribution in [-0.4, -0.2) is 33.8 Å². The largest absolute Gasteiger partial charge is 0.395 e. The first-order valence-corrected chi connectivity index (χ1v) is 4.96. The van der Waals surface area contributed by atoms with E-state index in [0.717, 1.165) is 5.56 Å². The lowest BCUT2D eigenvalue weighted by atomic mass is 10.2. The van der Waals surface area contributed by atoms with Gasteiger partial charge in [-0.15, -0.1) is 0 Å². The summed E-state index contributed by atoms with van der Waals surface area (Å²) in [7, 11) is 0. The Kier molecular flexibility index (Phi) is 2.97. The molecule has 1 aliphatic rings. The van der Waals surface area contributed by atoms with Gasteiger partial charge in [0.15, 0.2) is 5.82 Å². The first-order chi connectivity index (χ1) is 7.72. The van der Waals surface area contributed by atoms with E-state index in [2.05, 4.69) is 20.7 Å². The Morgan fingerprint density at radius 3 is 3.31 bits per heavy atom. The van der Waals surface area contributed by atoms with Gasteiger partial charge in [-0.05, 0) is 6.92 Å². The fourth-order valence-electron chi connectivity index (χ4n) is 1.41. The van der Waals surface area contributed by atoms with Gasteiger partial charge in [-0.25, -0.2) is 25.2 Å². The van der Waals surface area contributed by atoms with E-state index in [4.69, 9.17) is 5.11 Å². The molecule has 7 heteroatoms. The number of nitrogens with one attached hydrogen (secondary N) is 2. The third-order valence-corrected chi connectivity index (χ3v) is 2.23. The molecule has 1 aromatic rings. The van der Waals surface area contributed by atoms with Crippen molar-refractivity contribution in [1.82, 2.24) is 20.7 Å². The van der Waals surface area contributed by atoms with Crippen LogP contribution in [0.25, 0.3) is 0 Å². The highest BCUT2D eigenvalue weighted by Crippen LogP contribution is 2.18. The Morgan fingerprint density at radius 1 is 1.75 bits per heavy atom. The molecule has 1 aromatic heterocycles. The summed E-state index contributed by atoms with van der Waals surface area (Å²) >= 11 is 0. The van der Waals surface area contributed by atoms with Crippen molar-refractivity contribution in [3.8, 4) is 0 Å². The van der Waals surface area contributed by atoms with Crippen molar-refractivity contribution in [2.24, 2.45) is 0 Å². The minimum atomic E-state index is -0.286. The molecule has 3 N–H and O–H groups in total. The summed E-state index contributed by atoms with van der Waals surface area (Å²) < 4.78 is 0. The number of carbonyl (C=O) groups excluding carboxylic acids is 1. The van der Waals surface area contributed by atoms with Crippen LogP contribution in [0.1, 0.15) is 12.5 Å². The number of urea groups is 1. The zero-order valence-electron chi connectivity index (χ0n) is 8.84. The van der Waals surface area contributed by atoms with Crippen LogP contribution >= 0.6 is 0 Å². The normalized spacial score (nSPS) is 16.6. The summed E-state index contributed by atoms with van der Waals surface area (Å²) in [5.41, 5.74) is 3.69. The van der Waals surface area contributed by atoms with E-state index in [0.29, 0.717) is 12.4 Å². The summed E-state index contributed by atoms with van der Waals surface area (Å²) in [6, 6.07) is -0.516. The Balaban J connectivity index is 2.26. The predicted octanol–water partition coefficient (Wildman–Crippen LogP) is -0.608. The van der Waals surface area contributed by atoms with E-state index < -0.39 is 0 Å². The maximum atomic E-state index is 11.6. The zero-order chi connectivity index (χ0) is 11.5. The van der Waals surface area contributed by atoms with Gasteiger partial charge in [0.2, 0.25) is 0 Å². The SMILES string of the molecule is C[C@@H](CO)NN1C(=O)NCc2cncnc21. The monoisotopic (exact) mass is 223 g/mol. The molecular formula is C9H13N5O2. The third kappa shape index (κ3) is 1.95. The molecule has 0 radical (unpaired) electrons. The summed E-state index contributed by atoms with van der Waals surface area (Å²) in [6.45, 7) is 2.12. The molecule has 2 heterocycles. The van der Waals surface area contributed by atoms with E-state index >= 15 is 0 Å². The Bertz CT molecular complexity index is 397. The van der Waals surface area contributed by atoms with Gasteiger partial charge in [0.25, 0.3) is 0 Å². The van der Waals surface area contributed by atoms with Crippen LogP contribution in [0.5, 0.6) is 0 Å². The summed E-state index contributed by atoms with van der Waals surface area (Å²) in [4.78, 5) is 19.6. The molecule has 0 saturated heterocycles. The van der Waals surface area contributed by atoms with E-state index in [-0.39, 0.29) is 18.7 Å². The molecule has 2 rings (SSSR count).